The van der Waals surface area contributed by atoms with Crippen LogP contribution in [0.1, 0.15) is 51.6 Å². The normalized spacial score (nSPS) is 11.2. The molecule has 0 aliphatic carbocycles. The summed E-state index contributed by atoms with van der Waals surface area (Å²) < 4.78 is 15.7. The van der Waals surface area contributed by atoms with Gasteiger partial charge < -0.3 is 29.9 Å². The first-order valence-corrected chi connectivity index (χ1v) is 11.6. The van der Waals surface area contributed by atoms with Crippen molar-refractivity contribution in [2.75, 3.05) is 32.6 Å². The average molecular weight is 495 g/mol. The monoisotopic (exact) mass is 494 g/mol. The van der Waals surface area contributed by atoms with Gasteiger partial charge in [-0.05, 0) is 61.7 Å². The zero-order valence-corrected chi connectivity index (χ0v) is 21.7. The average Bonchev–Trinajstić information content (AvgIpc) is 3.21. The van der Waals surface area contributed by atoms with Crippen molar-refractivity contribution < 1.29 is 23.6 Å². The number of nitrogens with two attached hydrogens (primary N) is 1. The Bertz CT molecular complexity index is 1200. The molecule has 0 unspecified atom stereocenters. The highest BCUT2D eigenvalue weighted by molar-refractivity contribution is 6.04. The smallest absolute Gasteiger partial charge is 0.259 e. The third-order valence-corrected chi connectivity index (χ3v) is 5.94. The molecular formula is C27H34N4O5. The molecule has 0 fully saturated rings. The zero-order valence-electron chi connectivity index (χ0n) is 21.7. The number of carbonyl (C=O) groups is 2. The maximum Gasteiger partial charge on any atom is 0.259 e. The minimum absolute atomic E-state index is 0.154. The Labute approximate surface area is 211 Å². The topological polar surface area (TPSA) is 120 Å². The molecule has 0 radical (unpaired) electrons. The molecule has 9 heteroatoms. The number of carbonyl (C=O) groups excluding carboxylic acids is 2. The fourth-order valence-electron chi connectivity index (χ4n) is 3.82. The number of hydrogen-bond acceptors (Lipinski definition) is 7. The van der Waals surface area contributed by atoms with Crippen molar-refractivity contribution in [1.82, 2.24) is 10.1 Å². The summed E-state index contributed by atoms with van der Waals surface area (Å²) in [5, 5.41) is 6.81. The minimum atomic E-state index is -0.276. The van der Waals surface area contributed by atoms with E-state index >= 15 is 0 Å². The summed E-state index contributed by atoms with van der Waals surface area (Å²) in [7, 11) is 3.06. The van der Waals surface area contributed by atoms with Gasteiger partial charge in [0.2, 0.25) is 0 Å². The van der Waals surface area contributed by atoms with E-state index in [1.807, 2.05) is 26.0 Å². The van der Waals surface area contributed by atoms with Crippen LogP contribution in [0.2, 0.25) is 0 Å². The van der Waals surface area contributed by atoms with E-state index in [0.29, 0.717) is 59.4 Å². The predicted molar refractivity (Wildman–Crippen MR) is 137 cm³/mol. The van der Waals surface area contributed by atoms with Crippen molar-refractivity contribution in [2.45, 2.75) is 34.2 Å². The SMILES string of the molecule is COc1ccc(C(=O)Nc2ccc(CN(CC(C)(C)CN)C(=O)c3c(C)noc3C)cc2)cc1OC. The lowest BCUT2D eigenvalue weighted by atomic mass is 9.92. The lowest BCUT2D eigenvalue weighted by molar-refractivity contribution is 0.0670. The van der Waals surface area contributed by atoms with Crippen LogP contribution in [-0.4, -0.2) is 49.2 Å². The van der Waals surface area contributed by atoms with Gasteiger partial charge in [0.25, 0.3) is 11.8 Å². The Morgan fingerprint density at radius 3 is 2.28 bits per heavy atom. The molecular weight excluding hydrogens is 460 g/mol. The van der Waals surface area contributed by atoms with Gasteiger partial charge in [-0.15, -0.1) is 0 Å². The number of nitrogens with zero attached hydrogens (tertiary/aromatic N) is 2. The number of rotatable bonds is 10. The number of hydrogen-bond donors (Lipinski definition) is 2. The molecule has 3 N–H and O–H groups in total. The van der Waals surface area contributed by atoms with Crippen molar-refractivity contribution in [3.8, 4) is 11.5 Å². The highest BCUT2D eigenvalue weighted by atomic mass is 16.5. The van der Waals surface area contributed by atoms with Gasteiger partial charge in [-0.2, -0.15) is 0 Å². The number of anilines is 1. The zero-order chi connectivity index (χ0) is 26.5. The first-order chi connectivity index (χ1) is 17.1. The Morgan fingerprint density at radius 2 is 1.72 bits per heavy atom. The first kappa shape index (κ1) is 26.7. The maximum atomic E-state index is 13.4. The molecule has 0 aliphatic heterocycles. The van der Waals surface area contributed by atoms with Crippen LogP contribution in [0.25, 0.3) is 0 Å². The van der Waals surface area contributed by atoms with Gasteiger partial charge in [-0.25, -0.2) is 0 Å². The van der Waals surface area contributed by atoms with E-state index in [1.54, 1.807) is 56.2 Å². The van der Waals surface area contributed by atoms with Crippen molar-refractivity contribution >= 4 is 17.5 Å². The molecule has 0 spiro atoms. The number of aromatic nitrogens is 1. The summed E-state index contributed by atoms with van der Waals surface area (Å²) >= 11 is 0. The van der Waals surface area contributed by atoms with Gasteiger partial charge in [0.05, 0.1) is 19.9 Å². The van der Waals surface area contributed by atoms with Gasteiger partial charge in [0, 0.05) is 24.3 Å². The summed E-state index contributed by atoms with van der Waals surface area (Å²) in [6, 6.07) is 12.4. The van der Waals surface area contributed by atoms with Gasteiger partial charge >= 0.3 is 0 Å². The summed E-state index contributed by atoms with van der Waals surface area (Å²) in [6.07, 6.45) is 0. The number of nitrogens with one attached hydrogen (secondary N) is 1. The van der Waals surface area contributed by atoms with Gasteiger partial charge in [0.15, 0.2) is 11.5 Å². The van der Waals surface area contributed by atoms with Crippen LogP contribution in [-0.2, 0) is 6.54 Å². The Hall–Kier alpha value is -3.85. The molecule has 1 aromatic heterocycles. The molecule has 0 bridgehead atoms. The standard InChI is InChI=1S/C27H34N4O5/c1-17-24(18(2)36-30-17)26(33)31(16-27(3,4)15-28)14-19-7-10-21(11-8-19)29-25(32)20-9-12-22(34-5)23(13-20)35-6/h7-13H,14-16,28H2,1-6H3,(H,29,32). The number of aryl methyl sites for hydroxylation is 2. The fraction of sp³-hybridized carbons (Fsp3) is 0.370. The number of methoxy groups -OCH3 is 2. The molecule has 1 heterocycles. The van der Waals surface area contributed by atoms with Crippen LogP contribution in [0, 0.1) is 19.3 Å². The van der Waals surface area contributed by atoms with Gasteiger partial charge in [-0.1, -0.05) is 31.1 Å². The highest BCUT2D eigenvalue weighted by Crippen LogP contribution is 2.28. The Kier molecular flexibility index (Phi) is 8.37. The summed E-state index contributed by atoms with van der Waals surface area (Å²) in [6.45, 7) is 8.79. The van der Waals surface area contributed by atoms with Crippen LogP contribution >= 0.6 is 0 Å². The fourth-order valence-corrected chi connectivity index (χ4v) is 3.82. The molecule has 3 aromatic rings. The molecule has 0 aliphatic rings. The second kappa shape index (κ2) is 11.3. The summed E-state index contributed by atoms with van der Waals surface area (Å²) in [5.74, 6) is 1.08. The third-order valence-electron chi connectivity index (χ3n) is 5.94. The van der Waals surface area contributed by atoms with E-state index in [4.69, 9.17) is 19.7 Å². The molecule has 0 saturated heterocycles. The quantitative estimate of drug-likeness (QED) is 0.434. The van der Waals surface area contributed by atoms with Crippen molar-refractivity contribution in [3.63, 3.8) is 0 Å². The Balaban J connectivity index is 1.76. The van der Waals surface area contributed by atoms with Gasteiger partial charge in [-0.3, -0.25) is 9.59 Å². The lowest BCUT2D eigenvalue weighted by Crippen LogP contribution is -2.42. The van der Waals surface area contributed by atoms with Crippen LogP contribution in [0.15, 0.2) is 47.0 Å². The molecule has 2 amide bonds. The van der Waals surface area contributed by atoms with E-state index in [2.05, 4.69) is 10.5 Å². The van der Waals surface area contributed by atoms with E-state index in [0.717, 1.165) is 5.56 Å². The second-order valence-electron chi connectivity index (χ2n) is 9.45. The van der Waals surface area contributed by atoms with Crippen molar-refractivity contribution in [3.05, 3.63) is 70.6 Å². The van der Waals surface area contributed by atoms with Crippen molar-refractivity contribution in [2.24, 2.45) is 11.1 Å². The molecule has 0 saturated carbocycles. The van der Waals surface area contributed by atoms with Crippen LogP contribution in [0.5, 0.6) is 11.5 Å². The summed E-state index contributed by atoms with van der Waals surface area (Å²) in [4.78, 5) is 27.9. The molecule has 192 valence electrons. The number of ether oxygens (including phenoxy) is 2. The van der Waals surface area contributed by atoms with Crippen LogP contribution in [0.3, 0.4) is 0 Å². The maximum absolute atomic E-state index is 13.4. The minimum Gasteiger partial charge on any atom is -0.493 e. The first-order valence-electron chi connectivity index (χ1n) is 11.6. The summed E-state index contributed by atoms with van der Waals surface area (Å²) in [5.41, 5.74) is 8.69. The van der Waals surface area contributed by atoms with Crippen LogP contribution < -0.4 is 20.5 Å². The second-order valence-corrected chi connectivity index (χ2v) is 9.45. The molecule has 9 nitrogen and oxygen atoms in total. The number of amides is 2. The van der Waals surface area contributed by atoms with E-state index < -0.39 is 0 Å². The van der Waals surface area contributed by atoms with Crippen LogP contribution in [0.4, 0.5) is 5.69 Å². The molecule has 2 aromatic carbocycles. The predicted octanol–water partition coefficient (Wildman–Crippen LogP) is 4.19. The molecule has 0 atom stereocenters. The lowest BCUT2D eigenvalue weighted by Gasteiger charge is -2.32. The van der Waals surface area contributed by atoms with Crippen molar-refractivity contribution in [1.29, 1.82) is 0 Å². The van der Waals surface area contributed by atoms with E-state index in [-0.39, 0.29) is 17.2 Å². The van der Waals surface area contributed by atoms with E-state index in [1.165, 1.54) is 7.11 Å². The Morgan fingerprint density at radius 1 is 1.06 bits per heavy atom. The number of benzene rings is 2. The molecule has 3 rings (SSSR count). The highest BCUT2D eigenvalue weighted by Gasteiger charge is 2.28. The largest absolute Gasteiger partial charge is 0.493 e. The third kappa shape index (κ3) is 6.23. The van der Waals surface area contributed by atoms with E-state index in [9.17, 15) is 9.59 Å². The van der Waals surface area contributed by atoms with Gasteiger partial charge in [0.1, 0.15) is 11.3 Å². The molecule has 36 heavy (non-hydrogen) atoms.